The number of rotatable bonds is 4. The molecule has 8 nitrogen and oxygen atoms in total. The molecule has 2 aromatic rings. The van der Waals surface area contributed by atoms with Crippen molar-refractivity contribution in [1.82, 2.24) is 19.5 Å². The lowest BCUT2D eigenvalue weighted by Gasteiger charge is -2.40. The van der Waals surface area contributed by atoms with Gasteiger partial charge in [0.2, 0.25) is 5.28 Å². The van der Waals surface area contributed by atoms with Gasteiger partial charge in [-0.3, -0.25) is 4.57 Å². The van der Waals surface area contributed by atoms with E-state index in [0.29, 0.717) is 11.2 Å². The number of aliphatic hydroxyl groups is 1. The average molecular weight is 414 g/mol. The molecule has 0 radical (unpaired) electrons. The first-order valence-corrected chi connectivity index (χ1v) is 12.3. The highest BCUT2D eigenvalue weighted by Gasteiger charge is 2.49. The number of imidazole rings is 1. The summed E-state index contributed by atoms with van der Waals surface area (Å²) in [5, 5.41) is 9.86. The van der Waals surface area contributed by atoms with Gasteiger partial charge in [0.05, 0.1) is 25.1 Å². The molecule has 1 aliphatic rings. The van der Waals surface area contributed by atoms with Crippen LogP contribution >= 0.6 is 11.6 Å². The second kappa shape index (κ2) is 6.96. The highest BCUT2D eigenvalue weighted by molar-refractivity contribution is 6.74. The van der Waals surface area contributed by atoms with Crippen LogP contribution in [0.2, 0.25) is 23.4 Å². The fourth-order valence-corrected chi connectivity index (χ4v) is 4.60. The van der Waals surface area contributed by atoms with Crippen molar-refractivity contribution in [2.45, 2.75) is 64.3 Å². The van der Waals surface area contributed by atoms with Crippen molar-refractivity contribution in [1.29, 1.82) is 0 Å². The van der Waals surface area contributed by atoms with Crippen LogP contribution in [0, 0.1) is 5.92 Å². The fraction of sp³-hybridized carbons (Fsp3) is 0.706. The maximum atomic E-state index is 9.77. The smallest absolute Gasteiger partial charge is 0.226 e. The number of nitrogens with zero attached hydrogens (tertiary/aromatic N) is 4. The minimum Gasteiger partial charge on any atom is -0.409 e. The van der Waals surface area contributed by atoms with Crippen molar-refractivity contribution in [3.63, 3.8) is 0 Å². The molecule has 3 N–H and O–H groups in total. The Labute approximate surface area is 165 Å². The molecular weight excluding hydrogens is 386 g/mol. The lowest BCUT2D eigenvalue weighted by Crippen LogP contribution is -2.46. The maximum absolute atomic E-state index is 9.77. The van der Waals surface area contributed by atoms with E-state index >= 15 is 0 Å². The zero-order valence-corrected chi connectivity index (χ0v) is 18.4. The highest BCUT2D eigenvalue weighted by atomic mass is 35.5. The number of nitrogen functional groups attached to an aromatic ring is 1. The zero-order valence-electron chi connectivity index (χ0n) is 16.6. The molecule has 0 amide bonds. The molecule has 1 aliphatic heterocycles. The van der Waals surface area contributed by atoms with E-state index in [-0.39, 0.29) is 40.9 Å². The van der Waals surface area contributed by atoms with E-state index in [9.17, 15) is 5.11 Å². The predicted molar refractivity (Wildman–Crippen MR) is 107 cm³/mol. The SMILES string of the molecule is C[C@@H]1C(O[Si](C)(C)C(C)(C)C)[C@H](n2cnc3c(N)nc(Cl)nc32)O[C@@H]1CO. The third kappa shape index (κ3) is 3.58. The molecule has 27 heavy (non-hydrogen) atoms. The highest BCUT2D eigenvalue weighted by Crippen LogP contribution is 2.44. The van der Waals surface area contributed by atoms with Gasteiger partial charge in [-0.05, 0) is 29.7 Å². The number of ether oxygens (including phenoxy) is 1. The Kier molecular flexibility index (Phi) is 5.28. The first-order chi connectivity index (χ1) is 12.5. The summed E-state index contributed by atoms with van der Waals surface area (Å²) < 4.78 is 14.6. The quantitative estimate of drug-likeness (QED) is 0.585. The first-order valence-electron chi connectivity index (χ1n) is 9.06. The fourth-order valence-electron chi connectivity index (χ4n) is 3.06. The largest absolute Gasteiger partial charge is 0.409 e. The average Bonchev–Trinajstić information content (AvgIpc) is 3.08. The van der Waals surface area contributed by atoms with E-state index in [2.05, 4.69) is 48.8 Å². The summed E-state index contributed by atoms with van der Waals surface area (Å²) in [6.45, 7) is 12.9. The second-order valence-corrected chi connectivity index (χ2v) is 13.7. The maximum Gasteiger partial charge on any atom is 0.226 e. The minimum atomic E-state index is -2.08. The molecule has 2 aromatic heterocycles. The van der Waals surface area contributed by atoms with Crippen molar-refractivity contribution in [2.75, 3.05) is 12.3 Å². The monoisotopic (exact) mass is 413 g/mol. The number of nitrogens with two attached hydrogens (primary N) is 1. The number of fused-ring (bicyclic) bond motifs is 1. The van der Waals surface area contributed by atoms with E-state index in [4.69, 9.17) is 26.5 Å². The van der Waals surface area contributed by atoms with E-state index < -0.39 is 14.5 Å². The molecule has 150 valence electrons. The summed E-state index contributed by atoms with van der Waals surface area (Å²) in [6, 6.07) is 0. The molecule has 1 unspecified atom stereocenters. The zero-order chi connectivity index (χ0) is 20.1. The van der Waals surface area contributed by atoms with Crippen LogP contribution in [0.3, 0.4) is 0 Å². The topological polar surface area (TPSA) is 108 Å². The van der Waals surface area contributed by atoms with Crippen molar-refractivity contribution >= 4 is 36.9 Å². The Balaban J connectivity index is 2.04. The van der Waals surface area contributed by atoms with Crippen LogP contribution < -0.4 is 5.73 Å². The van der Waals surface area contributed by atoms with Crippen LogP contribution in [0.15, 0.2) is 6.33 Å². The van der Waals surface area contributed by atoms with Crippen LogP contribution in [-0.2, 0) is 9.16 Å². The normalized spacial score (nSPS) is 26.8. The molecule has 10 heteroatoms. The molecule has 0 saturated carbocycles. The Morgan fingerprint density at radius 3 is 2.63 bits per heavy atom. The van der Waals surface area contributed by atoms with E-state index in [1.165, 1.54) is 0 Å². The number of anilines is 1. The van der Waals surface area contributed by atoms with Crippen molar-refractivity contribution in [2.24, 2.45) is 5.92 Å². The molecule has 4 atom stereocenters. The summed E-state index contributed by atoms with van der Waals surface area (Å²) in [5.74, 6) is 0.219. The van der Waals surface area contributed by atoms with Crippen LogP contribution in [0.4, 0.5) is 5.82 Å². The van der Waals surface area contributed by atoms with Gasteiger partial charge >= 0.3 is 0 Å². The number of hydrogen-bond acceptors (Lipinski definition) is 7. The summed E-state index contributed by atoms with van der Waals surface area (Å²) in [7, 11) is -2.08. The van der Waals surface area contributed by atoms with E-state index in [1.807, 2.05) is 6.92 Å². The van der Waals surface area contributed by atoms with Gasteiger partial charge < -0.3 is 20.0 Å². The van der Waals surface area contributed by atoms with E-state index in [0.717, 1.165) is 0 Å². The van der Waals surface area contributed by atoms with Gasteiger partial charge in [0.1, 0.15) is 5.52 Å². The number of aromatic nitrogens is 4. The van der Waals surface area contributed by atoms with Crippen molar-refractivity contribution in [3.05, 3.63) is 11.6 Å². The summed E-state index contributed by atoms with van der Waals surface area (Å²) in [5.41, 5.74) is 6.89. The third-order valence-electron chi connectivity index (χ3n) is 5.81. The molecule has 3 rings (SSSR count). The lowest BCUT2D eigenvalue weighted by molar-refractivity contribution is -0.0467. The Morgan fingerprint density at radius 2 is 2.04 bits per heavy atom. The van der Waals surface area contributed by atoms with Gasteiger partial charge in [0, 0.05) is 5.92 Å². The van der Waals surface area contributed by atoms with Crippen LogP contribution in [-0.4, -0.2) is 51.8 Å². The van der Waals surface area contributed by atoms with Crippen LogP contribution in [0.25, 0.3) is 11.2 Å². The summed E-state index contributed by atoms with van der Waals surface area (Å²) in [6.07, 6.45) is 0.541. The third-order valence-corrected chi connectivity index (χ3v) is 10.5. The second-order valence-electron chi connectivity index (χ2n) is 8.65. The van der Waals surface area contributed by atoms with Gasteiger partial charge in [-0.25, -0.2) is 4.98 Å². The summed E-state index contributed by atoms with van der Waals surface area (Å²) >= 11 is 6.00. The summed E-state index contributed by atoms with van der Waals surface area (Å²) in [4.78, 5) is 12.6. The standard InChI is InChI=1S/C17H28ClN5O3Si/c1-9-10(7-24)25-15(12(9)26-27(5,6)17(2,3)4)23-8-20-11-13(19)21-16(18)22-14(11)23/h8-10,12,15,24H,7H2,1-6H3,(H2,19,21,22)/t9-,10+,12?,15+/m0/s1. The molecule has 0 aliphatic carbocycles. The van der Waals surface area contributed by atoms with Gasteiger partial charge in [0.15, 0.2) is 26.0 Å². The Morgan fingerprint density at radius 1 is 1.37 bits per heavy atom. The van der Waals surface area contributed by atoms with Gasteiger partial charge in [-0.15, -0.1) is 0 Å². The molecular formula is C17H28ClN5O3Si. The molecule has 0 aromatic carbocycles. The molecule has 0 bridgehead atoms. The van der Waals surface area contributed by atoms with E-state index in [1.54, 1.807) is 10.9 Å². The Bertz CT molecular complexity index is 838. The molecule has 3 heterocycles. The number of hydrogen-bond donors (Lipinski definition) is 2. The van der Waals surface area contributed by atoms with Crippen LogP contribution in [0.1, 0.15) is 33.9 Å². The first kappa shape index (κ1) is 20.5. The lowest BCUT2D eigenvalue weighted by atomic mass is 10.0. The van der Waals surface area contributed by atoms with Crippen molar-refractivity contribution in [3.8, 4) is 0 Å². The Hall–Kier alpha value is -1.26. The molecule has 0 spiro atoms. The van der Waals surface area contributed by atoms with Gasteiger partial charge in [0.25, 0.3) is 0 Å². The van der Waals surface area contributed by atoms with Crippen LogP contribution in [0.5, 0.6) is 0 Å². The predicted octanol–water partition coefficient (Wildman–Crippen LogP) is 2.98. The number of aliphatic hydroxyl groups excluding tert-OH is 1. The minimum absolute atomic E-state index is 0.00114. The molecule has 1 saturated heterocycles. The van der Waals surface area contributed by atoms with Gasteiger partial charge in [-0.1, -0.05) is 27.7 Å². The number of halogens is 1. The molecule has 1 fully saturated rings. The van der Waals surface area contributed by atoms with Crippen molar-refractivity contribution < 1.29 is 14.3 Å². The van der Waals surface area contributed by atoms with Gasteiger partial charge in [-0.2, -0.15) is 9.97 Å².